The summed E-state index contributed by atoms with van der Waals surface area (Å²) >= 11 is 1.50. The largest absolute Gasteiger partial charge is 0.299 e. The summed E-state index contributed by atoms with van der Waals surface area (Å²) in [5.74, 6) is -0.796. The molecule has 0 aliphatic heterocycles. The minimum atomic E-state index is -0.664. The predicted octanol–water partition coefficient (Wildman–Crippen LogP) is 2.41. The van der Waals surface area contributed by atoms with Gasteiger partial charge in [-0.05, 0) is 18.7 Å². The highest BCUT2D eigenvalue weighted by Crippen LogP contribution is 2.33. The van der Waals surface area contributed by atoms with E-state index in [-0.39, 0.29) is 11.0 Å². The second-order valence-electron chi connectivity index (χ2n) is 3.27. The van der Waals surface area contributed by atoms with Crippen LogP contribution in [0.15, 0.2) is 30.3 Å². The van der Waals surface area contributed by atoms with Crippen LogP contribution in [0.3, 0.4) is 0 Å². The van der Waals surface area contributed by atoms with Crippen LogP contribution in [0.25, 0.3) is 0 Å². The van der Waals surface area contributed by atoms with Crippen molar-refractivity contribution in [3.8, 4) is 0 Å². The van der Waals surface area contributed by atoms with E-state index in [9.17, 15) is 9.59 Å². The van der Waals surface area contributed by atoms with Crippen LogP contribution >= 0.6 is 11.8 Å². The Balaban J connectivity index is 2.97. The zero-order valence-corrected chi connectivity index (χ0v) is 9.58. The predicted molar refractivity (Wildman–Crippen MR) is 62.6 cm³/mol. The molecule has 1 radical (unpaired) electrons. The van der Waals surface area contributed by atoms with Crippen LogP contribution in [-0.2, 0) is 9.59 Å². The van der Waals surface area contributed by atoms with E-state index >= 15 is 0 Å². The van der Waals surface area contributed by atoms with E-state index < -0.39 is 5.92 Å². The molecule has 0 saturated heterocycles. The second kappa shape index (κ2) is 5.71. The van der Waals surface area contributed by atoms with Crippen molar-refractivity contribution in [3.05, 3.63) is 35.9 Å². The van der Waals surface area contributed by atoms with Gasteiger partial charge in [0, 0.05) is 5.25 Å². The van der Waals surface area contributed by atoms with E-state index in [2.05, 4.69) is 0 Å². The molecule has 79 valence electrons. The molecule has 0 N–H and O–H groups in total. The molecule has 0 amide bonds. The molecule has 0 bridgehead atoms. The van der Waals surface area contributed by atoms with E-state index in [1.165, 1.54) is 18.7 Å². The molecule has 0 heterocycles. The average Bonchev–Trinajstić information content (AvgIpc) is 2.26. The van der Waals surface area contributed by atoms with Gasteiger partial charge in [0.05, 0.1) is 5.92 Å². The topological polar surface area (TPSA) is 34.1 Å². The van der Waals surface area contributed by atoms with E-state index in [1.807, 2.05) is 42.9 Å². The van der Waals surface area contributed by atoms with Gasteiger partial charge in [0.1, 0.15) is 5.78 Å². The van der Waals surface area contributed by atoms with Crippen molar-refractivity contribution in [3.63, 3.8) is 0 Å². The van der Waals surface area contributed by atoms with Crippen LogP contribution < -0.4 is 0 Å². The summed E-state index contributed by atoms with van der Waals surface area (Å²) in [6.45, 7) is 1.43. The zero-order valence-electron chi connectivity index (χ0n) is 8.77. The lowest BCUT2D eigenvalue weighted by Crippen LogP contribution is -2.19. The Hall–Kier alpha value is -1.09. The first-order chi connectivity index (χ1) is 7.20. The summed E-state index contributed by atoms with van der Waals surface area (Å²) < 4.78 is 0. The quantitative estimate of drug-likeness (QED) is 0.716. The number of hydrogen-bond donors (Lipinski definition) is 0. The maximum absolute atomic E-state index is 11.3. The number of rotatable bonds is 5. The van der Waals surface area contributed by atoms with Gasteiger partial charge in [-0.15, -0.1) is 0 Å². The van der Waals surface area contributed by atoms with E-state index in [4.69, 9.17) is 0 Å². The lowest BCUT2D eigenvalue weighted by atomic mass is 9.97. The first kappa shape index (κ1) is 12.0. The highest BCUT2D eigenvalue weighted by atomic mass is 32.2. The van der Waals surface area contributed by atoms with Crippen LogP contribution in [0.4, 0.5) is 0 Å². The molecule has 0 saturated carbocycles. The number of carbonyl (C=O) groups is 1. The standard InChI is InChI=1S/C12H13O2S/c1-9(14)11(8-13)12(15-2)10-6-4-3-5-7-10/h3-7,11-12H,1-2H3. The molecule has 1 rings (SSSR count). The summed E-state index contributed by atoms with van der Waals surface area (Å²) in [6, 6.07) is 9.57. The van der Waals surface area contributed by atoms with E-state index in [1.54, 1.807) is 0 Å². The monoisotopic (exact) mass is 221 g/mol. The van der Waals surface area contributed by atoms with Crippen molar-refractivity contribution < 1.29 is 9.59 Å². The maximum atomic E-state index is 11.3. The summed E-state index contributed by atoms with van der Waals surface area (Å²) in [7, 11) is 0. The molecule has 0 aliphatic rings. The summed E-state index contributed by atoms with van der Waals surface area (Å²) in [4.78, 5) is 22.0. The summed E-state index contributed by atoms with van der Waals surface area (Å²) in [5.41, 5.74) is 0.994. The highest BCUT2D eigenvalue weighted by Gasteiger charge is 2.26. The van der Waals surface area contributed by atoms with E-state index in [0.29, 0.717) is 0 Å². The molecule has 2 unspecified atom stereocenters. The molecule has 2 atom stereocenters. The lowest BCUT2D eigenvalue weighted by Gasteiger charge is -2.18. The fraction of sp³-hybridized carbons (Fsp3) is 0.333. The van der Waals surface area contributed by atoms with Gasteiger partial charge in [-0.2, -0.15) is 11.8 Å². The fourth-order valence-corrected chi connectivity index (χ4v) is 2.41. The van der Waals surface area contributed by atoms with Crippen LogP contribution in [0, 0.1) is 5.92 Å². The van der Waals surface area contributed by atoms with Crippen LogP contribution in [0.5, 0.6) is 0 Å². The van der Waals surface area contributed by atoms with Crippen LogP contribution in [-0.4, -0.2) is 18.3 Å². The second-order valence-corrected chi connectivity index (χ2v) is 4.25. The molecule has 0 aromatic heterocycles. The first-order valence-electron chi connectivity index (χ1n) is 4.66. The highest BCUT2D eigenvalue weighted by molar-refractivity contribution is 7.98. The van der Waals surface area contributed by atoms with Gasteiger partial charge in [-0.1, -0.05) is 30.3 Å². The molecule has 1 aromatic rings. The van der Waals surface area contributed by atoms with Gasteiger partial charge in [0.25, 0.3) is 0 Å². The summed E-state index contributed by atoms with van der Waals surface area (Å²) in [6.07, 6.45) is 3.72. The number of benzene rings is 1. The molecule has 0 fully saturated rings. The summed E-state index contributed by atoms with van der Waals surface area (Å²) in [5, 5.41) is -0.124. The molecule has 0 spiro atoms. The smallest absolute Gasteiger partial charge is 0.211 e. The number of Topliss-reactive ketones (excluding diaryl/α,β-unsaturated/α-hetero) is 1. The van der Waals surface area contributed by atoms with Crippen molar-refractivity contribution in [2.24, 2.45) is 5.92 Å². The minimum absolute atomic E-state index is 0.124. The van der Waals surface area contributed by atoms with Crippen molar-refractivity contribution in [1.29, 1.82) is 0 Å². The average molecular weight is 221 g/mol. The Kier molecular flexibility index (Phi) is 4.56. The van der Waals surface area contributed by atoms with Crippen LogP contribution in [0.2, 0.25) is 0 Å². The van der Waals surface area contributed by atoms with Crippen molar-refractivity contribution >= 4 is 23.8 Å². The Morgan fingerprint density at radius 1 is 1.33 bits per heavy atom. The SMILES string of the molecule is CSC(c1ccccc1)C([C]=O)C(C)=O. The molecular weight excluding hydrogens is 208 g/mol. The van der Waals surface area contributed by atoms with Gasteiger partial charge < -0.3 is 0 Å². The van der Waals surface area contributed by atoms with Crippen LogP contribution in [0.1, 0.15) is 17.7 Å². The Morgan fingerprint density at radius 2 is 1.93 bits per heavy atom. The number of hydrogen-bond acceptors (Lipinski definition) is 3. The molecule has 1 aromatic carbocycles. The maximum Gasteiger partial charge on any atom is 0.211 e. The molecule has 2 nitrogen and oxygen atoms in total. The van der Waals surface area contributed by atoms with Gasteiger partial charge >= 0.3 is 0 Å². The van der Waals surface area contributed by atoms with Gasteiger partial charge in [0.15, 0.2) is 0 Å². The van der Waals surface area contributed by atoms with Crippen molar-refractivity contribution in [1.82, 2.24) is 0 Å². The first-order valence-corrected chi connectivity index (χ1v) is 5.95. The third-order valence-corrected chi connectivity index (χ3v) is 3.30. The van der Waals surface area contributed by atoms with Gasteiger partial charge in [-0.25, -0.2) is 0 Å². The number of ketones is 1. The molecule has 0 aliphatic carbocycles. The van der Waals surface area contributed by atoms with Gasteiger partial charge in [-0.3, -0.25) is 9.59 Å². The fourth-order valence-electron chi connectivity index (χ4n) is 1.47. The van der Waals surface area contributed by atoms with E-state index in [0.717, 1.165) is 5.56 Å². The number of carbonyl (C=O) groups excluding carboxylic acids is 2. The van der Waals surface area contributed by atoms with Crippen molar-refractivity contribution in [2.45, 2.75) is 12.2 Å². The Morgan fingerprint density at radius 3 is 2.33 bits per heavy atom. The molecule has 3 heteroatoms. The minimum Gasteiger partial charge on any atom is -0.299 e. The third-order valence-electron chi connectivity index (χ3n) is 2.25. The number of thioether (sulfide) groups is 1. The molecule has 15 heavy (non-hydrogen) atoms. The normalized spacial score (nSPS) is 14.3. The van der Waals surface area contributed by atoms with Gasteiger partial charge in [0.2, 0.25) is 6.29 Å². The lowest BCUT2D eigenvalue weighted by molar-refractivity contribution is -0.118. The molecular formula is C12H13O2S. The zero-order chi connectivity index (χ0) is 11.3. The Bertz CT molecular complexity index is 335. The third kappa shape index (κ3) is 2.93. The van der Waals surface area contributed by atoms with Crippen molar-refractivity contribution in [2.75, 3.05) is 6.26 Å². The Labute approximate surface area is 94.1 Å².